The molecule has 1 heterocycles. The van der Waals surface area contributed by atoms with Crippen molar-refractivity contribution < 1.29 is 14.3 Å². The van der Waals surface area contributed by atoms with E-state index >= 15 is 0 Å². The van der Waals surface area contributed by atoms with Crippen LogP contribution in [-0.4, -0.2) is 18.4 Å². The van der Waals surface area contributed by atoms with Crippen molar-refractivity contribution in [3.05, 3.63) is 12.2 Å². The number of hydrogen-bond acceptors (Lipinski definition) is 3. The third-order valence-electron chi connectivity index (χ3n) is 1.89. The summed E-state index contributed by atoms with van der Waals surface area (Å²) in [7, 11) is 0. The summed E-state index contributed by atoms with van der Waals surface area (Å²) in [6.45, 7) is 5.56. The summed E-state index contributed by atoms with van der Waals surface area (Å²) in [6, 6.07) is 0. The maximum absolute atomic E-state index is 10.8. The molecule has 0 aromatic heterocycles. The van der Waals surface area contributed by atoms with E-state index in [-0.39, 0.29) is 24.4 Å². The Morgan fingerprint density at radius 3 is 3.00 bits per heavy atom. The highest BCUT2D eigenvalue weighted by Crippen LogP contribution is 2.24. The van der Waals surface area contributed by atoms with Crippen LogP contribution in [0.15, 0.2) is 12.2 Å². The van der Waals surface area contributed by atoms with Crippen LogP contribution in [0.2, 0.25) is 0 Å². The van der Waals surface area contributed by atoms with Gasteiger partial charge in [-0.2, -0.15) is 0 Å². The van der Waals surface area contributed by atoms with Gasteiger partial charge in [0.25, 0.3) is 0 Å². The molecule has 1 fully saturated rings. The number of carbonyl (C=O) groups excluding carboxylic acids is 2. The van der Waals surface area contributed by atoms with Gasteiger partial charge in [-0.05, 0) is 6.92 Å². The van der Waals surface area contributed by atoms with E-state index in [0.29, 0.717) is 6.42 Å². The number of rotatable bonds is 3. The summed E-state index contributed by atoms with van der Waals surface area (Å²) in [6.07, 6.45) is 1.34. The summed E-state index contributed by atoms with van der Waals surface area (Å²) in [5.74, 6) is -0.549. The van der Waals surface area contributed by atoms with Gasteiger partial charge in [-0.3, -0.25) is 4.79 Å². The molecule has 0 N–H and O–H groups in total. The number of ether oxygens (including phenoxy) is 1. The van der Waals surface area contributed by atoms with E-state index in [9.17, 15) is 9.59 Å². The molecule has 3 heteroatoms. The molecule has 2 unspecified atom stereocenters. The van der Waals surface area contributed by atoms with Crippen LogP contribution in [0.3, 0.4) is 0 Å². The Balaban J connectivity index is 2.57. The van der Waals surface area contributed by atoms with Gasteiger partial charge >= 0.3 is 5.97 Å². The van der Waals surface area contributed by atoms with Crippen LogP contribution in [0.5, 0.6) is 0 Å². The molecule has 1 rings (SSSR count). The van der Waals surface area contributed by atoms with Gasteiger partial charge in [-0.1, -0.05) is 5.57 Å². The van der Waals surface area contributed by atoms with Gasteiger partial charge in [0.1, 0.15) is 12.4 Å². The zero-order valence-electron chi connectivity index (χ0n) is 7.08. The predicted octanol–water partition coefficient (Wildman–Crippen LogP) is 1.08. The van der Waals surface area contributed by atoms with Crippen molar-refractivity contribution in [2.45, 2.75) is 25.9 Å². The Hall–Kier alpha value is -1.12. The first-order valence-corrected chi connectivity index (χ1v) is 3.92. The highest BCUT2D eigenvalue weighted by Gasteiger charge is 2.34. The first-order valence-electron chi connectivity index (χ1n) is 3.92. The molecular weight excluding hydrogens is 156 g/mol. The largest absolute Gasteiger partial charge is 0.461 e. The minimum Gasteiger partial charge on any atom is -0.461 e. The van der Waals surface area contributed by atoms with Crippen LogP contribution < -0.4 is 0 Å². The van der Waals surface area contributed by atoms with Crippen LogP contribution >= 0.6 is 0 Å². The fourth-order valence-electron chi connectivity index (χ4n) is 1.30. The third-order valence-corrected chi connectivity index (χ3v) is 1.89. The summed E-state index contributed by atoms with van der Waals surface area (Å²) in [4.78, 5) is 21.3. The average molecular weight is 168 g/mol. The topological polar surface area (TPSA) is 43.4 Å². The van der Waals surface area contributed by atoms with E-state index < -0.39 is 0 Å². The van der Waals surface area contributed by atoms with Crippen molar-refractivity contribution >= 4 is 12.3 Å². The second-order valence-corrected chi connectivity index (χ2v) is 3.19. The fraction of sp³-hybridized carbons (Fsp3) is 0.556. The third kappa shape index (κ3) is 1.94. The van der Waals surface area contributed by atoms with Gasteiger partial charge in [-0.25, -0.2) is 0 Å². The van der Waals surface area contributed by atoms with Crippen molar-refractivity contribution in [3.63, 3.8) is 0 Å². The minimum absolute atomic E-state index is 0.224. The highest BCUT2D eigenvalue weighted by atomic mass is 16.5. The standard InChI is InChI=1S/C9H12O3/c1-6(2)3-8-7(5-10)4-9(11)12-8/h5,7-8H,1,3-4H2,2H3. The van der Waals surface area contributed by atoms with Gasteiger partial charge in [0, 0.05) is 6.42 Å². The van der Waals surface area contributed by atoms with E-state index in [4.69, 9.17) is 4.74 Å². The summed E-state index contributed by atoms with van der Waals surface area (Å²) in [5, 5.41) is 0. The lowest BCUT2D eigenvalue weighted by molar-refractivity contribution is -0.141. The summed E-state index contributed by atoms with van der Waals surface area (Å²) in [5.41, 5.74) is 0.932. The van der Waals surface area contributed by atoms with Crippen LogP contribution in [0.25, 0.3) is 0 Å². The first-order chi connectivity index (χ1) is 5.63. The maximum atomic E-state index is 10.8. The second-order valence-electron chi connectivity index (χ2n) is 3.19. The Bertz CT molecular complexity index is 220. The number of carbonyl (C=O) groups is 2. The molecule has 1 aliphatic heterocycles. The van der Waals surface area contributed by atoms with Crippen molar-refractivity contribution in [1.29, 1.82) is 0 Å². The van der Waals surface area contributed by atoms with E-state index in [2.05, 4.69) is 6.58 Å². The highest BCUT2D eigenvalue weighted by molar-refractivity contribution is 5.77. The fourth-order valence-corrected chi connectivity index (χ4v) is 1.30. The maximum Gasteiger partial charge on any atom is 0.306 e. The smallest absolute Gasteiger partial charge is 0.306 e. The SMILES string of the molecule is C=C(C)CC1OC(=O)CC1C=O. The van der Waals surface area contributed by atoms with Crippen LogP contribution in [0, 0.1) is 5.92 Å². The molecule has 0 saturated carbocycles. The van der Waals surface area contributed by atoms with Gasteiger partial charge in [0.05, 0.1) is 12.3 Å². The molecule has 0 radical (unpaired) electrons. The minimum atomic E-state index is -0.279. The van der Waals surface area contributed by atoms with Gasteiger partial charge in [-0.15, -0.1) is 6.58 Å². The van der Waals surface area contributed by atoms with E-state index in [0.717, 1.165) is 11.9 Å². The average Bonchev–Trinajstić information content (AvgIpc) is 2.29. The number of cyclic esters (lactones) is 1. The lowest BCUT2D eigenvalue weighted by Gasteiger charge is -2.11. The molecule has 0 aliphatic carbocycles. The normalized spacial score (nSPS) is 28.2. The number of aldehydes is 1. The molecule has 1 aliphatic rings. The Labute approximate surface area is 71.4 Å². The Kier molecular flexibility index (Phi) is 2.63. The zero-order valence-corrected chi connectivity index (χ0v) is 7.08. The first kappa shape index (κ1) is 8.97. The molecule has 2 atom stereocenters. The van der Waals surface area contributed by atoms with Crippen molar-refractivity contribution in [1.82, 2.24) is 0 Å². The quantitative estimate of drug-likeness (QED) is 0.360. The van der Waals surface area contributed by atoms with Crippen LogP contribution in [0.4, 0.5) is 0 Å². The van der Waals surface area contributed by atoms with E-state index in [1.165, 1.54) is 0 Å². The van der Waals surface area contributed by atoms with Crippen molar-refractivity contribution in [3.8, 4) is 0 Å². The van der Waals surface area contributed by atoms with Gasteiger partial charge in [0.15, 0.2) is 0 Å². The Morgan fingerprint density at radius 1 is 1.83 bits per heavy atom. The Morgan fingerprint density at radius 2 is 2.50 bits per heavy atom. The van der Waals surface area contributed by atoms with Gasteiger partial charge < -0.3 is 9.53 Å². The lowest BCUT2D eigenvalue weighted by Crippen LogP contribution is -2.17. The van der Waals surface area contributed by atoms with Crippen molar-refractivity contribution in [2.24, 2.45) is 5.92 Å². The molecule has 0 bridgehead atoms. The predicted molar refractivity (Wildman–Crippen MR) is 43.5 cm³/mol. The summed E-state index contributed by atoms with van der Waals surface area (Å²) >= 11 is 0. The van der Waals surface area contributed by atoms with Crippen LogP contribution in [-0.2, 0) is 14.3 Å². The number of hydrogen-bond donors (Lipinski definition) is 0. The van der Waals surface area contributed by atoms with Crippen molar-refractivity contribution in [2.75, 3.05) is 0 Å². The van der Waals surface area contributed by atoms with Crippen LogP contribution in [0.1, 0.15) is 19.8 Å². The molecule has 0 aromatic rings. The molecule has 0 spiro atoms. The monoisotopic (exact) mass is 168 g/mol. The lowest BCUT2D eigenvalue weighted by atomic mass is 9.98. The van der Waals surface area contributed by atoms with E-state index in [1.54, 1.807) is 0 Å². The molecule has 12 heavy (non-hydrogen) atoms. The second kappa shape index (κ2) is 3.52. The zero-order chi connectivity index (χ0) is 9.14. The molecule has 1 saturated heterocycles. The van der Waals surface area contributed by atoms with Gasteiger partial charge in [0.2, 0.25) is 0 Å². The molecule has 0 aromatic carbocycles. The van der Waals surface area contributed by atoms with E-state index in [1.807, 2.05) is 6.92 Å². The summed E-state index contributed by atoms with van der Waals surface area (Å²) < 4.78 is 4.94. The molecule has 66 valence electrons. The molecule has 3 nitrogen and oxygen atoms in total. The molecular formula is C9H12O3. The molecule has 0 amide bonds. The number of esters is 1.